The molecule has 2 unspecified atom stereocenters. The highest BCUT2D eigenvalue weighted by Gasteiger charge is 2.26. The van der Waals surface area contributed by atoms with Gasteiger partial charge in [-0.05, 0) is 67.5 Å². The topological polar surface area (TPSA) is 12.0 Å². The minimum Gasteiger partial charge on any atom is -0.316 e. The molecule has 1 nitrogen and oxygen atoms in total. The molecule has 2 aromatic carbocycles. The third-order valence-corrected chi connectivity index (χ3v) is 4.85. The van der Waals surface area contributed by atoms with Gasteiger partial charge in [0, 0.05) is 11.1 Å². The number of halogens is 1. The second-order valence-electron chi connectivity index (χ2n) is 5.93. The molecule has 1 aliphatic carbocycles. The Labute approximate surface area is 132 Å². The Kier molecular flexibility index (Phi) is 4.62. The fourth-order valence-electron chi connectivity index (χ4n) is 3.57. The molecule has 0 saturated heterocycles. The van der Waals surface area contributed by atoms with Crippen molar-refractivity contribution in [2.75, 3.05) is 7.05 Å². The number of aryl methyl sites for hydroxylation is 1. The first kappa shape index (κ1) is 14.6. The van der Waals surface area contributed by atoms with Crippen molar-refractivity contribution in [3.8, 4) is 0 Å². The quantitative estimate of drug-likeness (QED) is 0.870. The largest absolute Gasteiger partial charge is 0.316 e. The van der Waals surface area contributed by atoms with Crippen LogP contribution in [0.3, 0.4) is 0 Å². The van der Waals surface area contributed by atoms with E-state index < -0.39 is 0 Å². The number of likely N-dealkylation sites (N-methyl/N-ethyl adjacent to an activating group) is 1. The smallest absolute Gasteiger partial charge is 0.0408 e. The van der Waals surface area contributed by atoms with Gasteiger partial charge in [0.15, 0.2) is 0 Å². The first-order chi connectivity index (χ1) is 10.3. The van der Waals surface area contributed by atoms with Crippen LogP contribution in [0.2, 0.25) is 5.02 Å². The van der Waals surface area contributed by atoms with Gasteiger partial charge in [0.05, 0.1) is 0 Å². The van der Waals surface area contributed by atoms with Crippen molar-refractivity contribution in [1.29, 1.82) is 0 Å². The molecule has 0 bridgehead atoms. The van der Waals surface area contributed by atoms with Crippen molar-refractivity contribution in [2.24, 2.45) is 0 Å². The normalized spacial score (nSPS) is 19.0. The average Bonchev–Trinajstić information content (AvgIpc) is 2.52. The van der Waals surface area contributed by atoms with Crippen LogP contribution < -0.4 is 5.32 Å². The van der Waals surface area contributed by atoms with Gasteiger partial charge in [-0.1, -0.05) is 48.0 Å². The van der Waals surface area contributed by atoms with Crippen molar-refractivity contribution in [1.82, 2.24) is 5.32 Å². The first-order valence-electron chi connectivity index (χ1n) is 7.77. The molecule has 1 N–H and O–H groups in total. The molecular weight excluding hydrogens is 278 g/mol. The lowest BCUT2D eigenvalue weighted by molar-refractivity contribution is 0.411. The van der Waals surface area contributed by atoms with Crippen LogP contribution in [0.25, 0.3) is 0 Å². The van der Waals surface area contributed by atoms with E-state index in [1.54, 1.807) is 0 Å². The molecule has 2 aromatic rings. The van der Waals surface area contributed by atoms with Crippen molar-refractivity contribution in [3.05, 3.63) is 70.2 Å². The molecule has 3 rings (SSSR count). The second-order valence-corrected chi connectivity index (χ2v) is 6.36. The van der Waals surface area contributed by atoms with Crippen molar-refractivity contribution in [2.45, 2.75) is 37.6 Å². The van der Waals surface area contributed by atoms with Gasteiger partial charge >= 0.3 is 0 Å². The van der Waals surface area contributed by atoms with E-state index in [-0.39, 0.29) is 0 Å². The minimum absolute atomic E-state index is 0.463. The Balaban J connectivity index is 1.84. The third-order valence-electron chi connectivity index (χ3n) is 4.62. The Morgan fingerprint density at radius 2 is 2.05 bits per heavy atom. The molecule has 0 aliphatic heterocycles. The Hall–Kier alpha value is -1.31. The van der Waals surface area contributed by atoms with Crippen LogP contribution >= 0.6 is 11.6 Å². The molecule has 1 aliphatic rings. The summed E-state index contributed by atoms with van der Waals surface area (Å²) >= 11 is 6.12. The first-order valence-corrected chi connectivity index (χ1v) is 8.15. The maximum atomic E-state index is 6.12. The molecule has 110 valence electrons. The summed E-state index contributed by atoms with van der Waals surface area (Å²) in [5.74, 6) is 0.596. The predicted octanol–water partition coefficient (Wildman–Crippen LogP) is 4.59. The molecule has 0 amide bonds. The Morgan fingerprint density at radius 3 is 2.86 bits per heavy atom. The summed E-state index contributed by atoms with van der Waals surface area (Å²) < 4.78 is 0. The summed E-state index contributed by atoms with van der Waals surface area (Å²) in [6.45, 7) is 0. The van der Waals surface area contributed by atoms with E-state index in [4.69, 9.17) is 11.6 Å². The Bertz CT molecular complexity index is 608. The van der Waals surface area contributed by atoms with Gasteiger partial charge in [-0.25, -0.2) is 0 Å². The number of hydrogen-bond acceptors (Lipinski definition) is 1. The van der Waals surface area contributed by atoms with Gasteiger partial charge in [-0.3, -0.25) is 0 Å². The average molecular weight is 300 g/mol. The van der Waals surface area contributed by atoms with Gasteiger partial charge in [0.1, 0.15) is 0 Å². The summed E-state index contributed by atoms with van der Waals surface area (Å²) in [5.41, 5.74) is 4.37. The molecule has 0 fully saturated rings. The highest BCUT2D eigenvalue weighted by Crippen LogP contribution is 2.35. The van der Waals surface area contributed by atoms with Gasteiger partial charge < -0.3 is 5.32 Å². The van der Waals surface area contributed by atoms with E-state index >= 15 is 0 Å². The number of nitrogens with one attached hydrogen (secondary N) is 1. The molecule has 0 aromatic heterocycles. The Morgan fingerprint density at radius 1 is 1.19 bits per heavy atom. The van der Waals surface area contributed by atoms with Crippen molar-refractivity contribution >= 4 is 11.6 Å². The van der Waals surface area contributed by atoms with Crippen molar-refractivity contribution in [3.63, 3.8) is 0 Å². The van der Waals surface area contributed by atoms with Gasteiger partial charge in [0.2, 0.25) is 0 Å². The van der Waals surface area contributed by atoms with Crippen LogP contribution in [-0.2, 0) is 12.8 Å². The van der Waals surface area contributed by atoms with E-state index in [2.05, 4.69) is 48.8 Å². The van der Waals surface area contributed by atoms with E-state index in [0.717, 1.165) is 11.4 Å². The van der Waals surface area contributed by atoms with E-state index in [1.807, 2.05) is 12.1 Å². The zero-order valence-electron chi connectivity index (χ0n) is 12.5. The maximum absolute atomic E-state index is 6.12. The van der Waals surface area contributed by atoms with Gasteiger partial charge in [-0.15, -0.1) is 0 Å². The highest BCUT2D eigenvalue weighted by molar-refractivity contribution is 6.30. The zero-order chi connectivity index (χ0) is 14.7. The van der Waals surface area contributed by atoms with Crippen molar-refractivity contribution < 1.29 is 0 Å². The highest BCUT2D eigenvalue weighted by atomic mass is 35.5. The molecule has 2 atom stereocenters. The lowest BCUT2D eigenvalue weighted by atomic mass is 9.77. The summed E-state index contributed by atoms with van der Waals surface area (Å²) in [6.07, 6.45) is 4.80. The van der Waals surface area contributed by atoms with Crippen LogP contribution in [0.15, 0.2) is 48.5 Å². The summed E-state index contributed by atoms with van der Waals surface area (Å²) in [7, 11) is 2.08. The van der Waals surface area contributed by atoms with Gasteiger partial charge in [-0.2, -0.15) is 0 Å². The lowest BCUT2D eigenvalue weighted by Gasteiger charge is -2.32. The molecule has 0 radical (unpaired) electrons. The number of rotatable bonds is 4. The maximum Gasteiger partial charge on any atom is 0.0408 e. The van der Waals surface area contributed by atoms with Gasteiger partial charge in [0.25, 0.3) is 0 Å². The van der Waals surface area contributed by atoms with Crippen LogP contribution in [0.1, 0.15) is 35.4 Å². The minimum atomic E-state index is 0.463. The zero-order valence-corrected chi connectivity index (χ0v) is 13.2. The molecular formula is C19H22ClN. The third kappa shape index (κ3) is 3.30. The molecule has 0 heterocycles. The SMILES string of the molecule is CNC(Cc1cccc(Cl)c1)C1CCCc2ccccc21. The van der Waals surface area contributed by atoms with Crippen LogP contribution in [0.5, 0.6) is 0 Å². The van der Waals surface area contributed by atoms with Crippen LogP contribution in [-0.4, -0.2) is 13.1 Å². The van der Waals surface area contributed by atoms with E-state index in [0.29, 0.717) is 12.0 Å². The number of fused-ring (bicyclic) bond motifs is 1. The molecule has 0 spiro atoms. The molecule has 0 saturated carbocycles. The van der Waals surface area contributed by atoms with E-state index in [9.17, 15) is 0 Å². The van der Waals surface area contributed by atoms with Crippen LogP contribution in [0.4, 0.5) is 0 Å². The number of hydrogen-bond donors (Lipinski definition) is 1. The number of benzene rings is 2. The standard InChI is InChI=1S/C19H22ClN/c1-21-19(13-14-6-4-9-16(20)12-14)18-11-5-8-15-7-2-3-10-17(15)18/h2-4,6-7,9-10,12,18-19,21H,5,8,11,13H2,1H3. The second kappa shape index (κ2) is 6.64. The predicted molar refractivity (Wildman–Crippen MR) is 90.1 cm³/mol. The fourth-order valence-corrected chi connectivity index (χ4v) is 3.79. The lowest BCUT2D eigenvalue weighted by Crippen LogP contribution is -2.36. The fraction of sp³-hybridized carbons (Fsp3) is 0.368. The van der Waals surface area contributed by atoms with E-state index in [1.165, 1.54) is 36.0 Å². The summed E-state index contributed by atoms with van der Waals surface area (Å²) in [6, 6.07) is 17.6. The summed E-state index contributed by atoms with van der Waals surface area (Å²) in [5, 5.41) is 4.36. The van der Waals surface area contributed by atoms with Crippen LogP contribution in [0, 0.1) is 0 Å². The monoisotopic (exact) mass is 299 g/mol. The molecule has 21 heavy (non-hydrogen) atoms. The summed E-state index contributed by atoms with van der Waals surface area (Å²) in [4.78, 5) is 0. The molecule has 2 heteroatoms.